The van der Waals surface area contributed by atoms with Crippen LogP contribution in [-0.4, -0.2) is 11.6 Å². The first-order valence-electron chi connectivity index (χ1n) is 27.8. The molecule has 0 radical (unpaired) electrons. The lowest BCUT2D eigenvalue weighted by molar-refractivity contribution is 0.101. The van der Waals surface area contributed by atoms with Crippen LogP contribution in [0.1, 0.15) is 49.9 Å². The second-order valence-corrected chi connectivity index (χ2v) is 20.1. The summed E-state index contributed by atoms with van der Waals surface area (Å²) in [5.74, 6) is -0.972. The molecule has 0 spiro atoms. The summed E-state index contributed by atoms with van der Waals surface area (Å²) in [5.41, 5.74) is 18.8. The summed E-state index contributed by atoms with van der Waals surface area (Å²) in [5, 5.41) is 3.42. The summed E-state index contributed by atoms with van der Waals surface area (Å²) in [6, 6.07) is 103. The van der Waals surface area contributed by atoms with Crippen LogP contribution in [0.3, 0.4) is 0 Å². The molecule has 5 nitrogen and oxygen atoms in total. The first-order chi connectivity index (χ1) is 41.1. The van der Waals surface area contributed by atoms with E-state index in [1.54, 1.807) is 6.92 Å². The van der Waals surface area contributed by atoms with E-state index in [2.05, 4.69) is 222 Å². The zero-order valence-electron chi connectivity index (χ0n) is 46.7. The third-order valence-electron chi connectivity index (χ3n) is 14.1. The first kappa shape index (κ1) is 56.5. The molecule has 0 atom stereocenters. The molecule has 0 aliphatic heterocycles. The van der Waals surface area contributed by atoms with E-state index in [1.807, 2.05) is 66.7 Å². The highest BCUT2D eigenvalue weighted by atomic mass is 19.1. The lowest BCUT2D eigenvalue weighted by atomic mass is 10.0. The van der Waals surface area contributed by atoms with Crippen LogP contribution in [0.25, 0.3) is 22.3 Å². The Balaban J connectivity index is 0.000000158. The molecule has 0 saturated heterocycles. The number of carbonyl (C=O) groups is 2. The minimum atomic E-state index is -0.393. The predicted octanol–water partition coefficient (Wildman–Crippen LogP) is 20.7. The SMILES string of the molecule is CC(=O)c1ccc(N(c2ccccc2)c2ccc(-c3ccc(N(c4ccccc4)c4ccc(C)cc4)cc3)cc2)cc1.O=C(c1ccc(F)cc1)c1ccc(F)cc1.c1ccc(Cc2ccc(-c3ccc(Nc4ccccc4)cc3)cc2)cc1. The number of nitrogens with one attached hydrogen (secondary N) is 1. The van der Waals surface area contributed by atoms with Crippen LogP contribution in [0.4, 0.5) is 54.3 Å². The number of benzene rings is 12. The van der Waals surface area contributed by atoms with Crippen LogP contribution in [0.15, 0.2) is 315 Å². The topological polar surface area (TPSA) is 52.7 Å². The number of rotatable bonds is 15. The van der Waals surface area contributed by atoms with E-state index in [0.29, 0.717) is 16.7 Å². The van der Waals surface area contributed by atoms with Crippen LogP contribution in [0.2, 0.25) is 0 Å². The molecular formula is C77H61F2N3O2. The lowest BCUT2D eigenvalue weighted by Gasteiger charge is -2.26. The zero-order chi connectivity index (χ0) is 58.0. The molecule has 0 aliphatic rings. The van der Waals surface area contributed by atoms with Gasteiger partial charge in [-0.25, -0.2) is 8.78 Å². The number of Topliss-reactive ketones (excluding diaryl/α,β-unsaturated/α-hetero) is 1. The first-order valence-corrected chi connectivity index (χ1v) is 27.8. The van der Waals surface area contributed by atoms with Gasteiger partial charge in [0.15, 0.2) is 11.6 Å². The molecular weight excluding hydrogens is 1040 g/mol. The van der Waals surface area contributed by atoms with Crippen molar-refractivity contribution in [2.75, 3.05) is 15.1 Å². The Kier molecular flexibility index (Phi) is 18.6. The van der Waals surface area contributed by atoms with Gasteiger partial charge in [0.2, 0.25) is 0 Å². The number of anilines is 8. The number of hydrogen-bond donors (Lipinski definition) is 1. The Bertz CT molecular complexity index is 3870. The van der Waals surface area contributed by atoms with Gasteiger partial charge in [0.1, 0.15) is 11.6 Å². The molecule has 0 amide bonds. The van der Waals surface area contributed by atoms with Crippen molar-refractivity contribution in [1.29, 1.82) is 0 Å². The maximum absolute atomic E-state index is 12.6. The molecule has 0 saturated carbocycles. The fraction of sp³-hybridized carbons (Fsp3) is 0.0390. The van der Waals surface area contributed by atoms with Gasteiger partial charge in [-0.1, -0.05) is 163 Å². The number of nitrogens with zero attached hydrogens (tertiary/aromatic N) is 2. The van der Waals surface area contributed by atoms with Crippen molar-refractivity contribution in [3.05, 3.63) is 360 Å². The normalized spacial score (nSPS) is 10.5. The van der Waals surface area contributed by atoms with Gasteiger partial charge >= 0.3 is 0 Å². The summed E-state index contributed by atoms with van der Waals surface area (Å²) < 4.78 is 25.3. The fourth-order valence-electron chi connectivity index (χ4n) is 9.64. The van der Waals surface area contributed by atoms with E-state index in [0.717, 1.165) is 63.0 Å². The largest absolute Gasteiger partial charge is 0.356 e. The van der Waals surface area contributed by atoms with Crippen LogP contribution >= 0.6 is 0 Å². The highest BCUT2D eigenvalue weighted by Gasteiger charge is 2.16. The van der Waals surface area contributed by atoms with Crippen LogP contribution < -0.4 is 15.1 Å². The van der Waals surface area contributed by atoms with Gasteiger partial charge in [-0.2, -0.15) is 0 Å². The van der Waals surface area contributed by atoms with Gasteiger partial charge in [-0.05, 0) is 211 Å². The summed E-state index contributed by atoms with van der Waals surface area (Å²) in [7, 11) is 0. The second-order valence-electron chi connectivity index (χ2n) is 20.1. The van der Waals surface area contributed by atoms with Gasteiger partial charge in [-0.15, -0.1) is 0 Å². The molecule has 12 aromatic rings. The van der Waals surface area contributed by atoms with Crippen molar-refractivity contribution in [3.8, 4) is 22.3 Å². The minimum absolute atomic E-state index is 0.0638. The Morgan fingerprint density at radius 3 is 1.02 bits per heavy atom. The van der Waals surface area contributed by atoms with E-state index >= 15 is 0 Å². The maximum atomic E-state index is 12.6. The molecule has 0 unspecified atom stereocenters. The third-order valence-corrected chi connectivity index (χ3v) is 14.1. The smallest absolute Gasteiger partial charge is 0.193 e. The van der Waals surface area contributed by atoms with Gasteiger partial charge < -0.3 is 15.1 Å². The van der Waals surface area contributed by atoms with E-state index in [4.69, 9.17) is 0 Å². The number of halogens is 2. The van der Waals surface area contributed by atoms with E-state index in [9.17, 15) is 18.4 Å². The lowest BCUT2D eigenvalue weighted by Crippen LogP contribution is -2.10. The summed E-state index contributed by atoms with van der Waals surface area (Å²) in [6.45, 7) is 3.71. The molecule has 0 heterocycles. The molecule has 0 bridgehead atoms. The maximum Gasteiger partial charge on any atom is 0.193 e. The quantitative estimate of drug-likeness (QED) is 0.104. The van der Waals surface area contributed by atoms with Crippen molar-refractivity contribution < 1.29 is 18.4 Å². The van der Waals surface area contributed by atoms with E-state index in [1.165, 1.54) is 76.3 Å². The van der Waals surface area contributed by atoms with Crippen molar-refractivity contribution in [3.63, 3.8) is 0 Å². The van der Waals surface area contributed by atoms with Gasteiger partial charge in [-0.3, -0.25) is 9.59 Å². The van der Waals surface area contributed by atoms with E-state index < -0.39 is 11.6 Å². The monoisotopic (exact) mass is 1100 g/mol. The standard InChI is InChI=1S/C39H32N2O.C25H21N.C13H8F2O/c1-29-13-21-36(22-14-29)40(34-9-5-3-6-10-34)38-25-17-32(18-26-38)33-19-27-39(28-20-33)41(35-11-7-4-8-12-35)37-23-15-31(16-24-37)30(2)42;1-3-7-20(8-4-1)19-21-11-13-22(14-12-21)23-15-17-25(18-16-23)26-24-9-5-2-6-10-24;14-11-5-1-9(2-6-11)13(16)10-3-7-12(15)8-4-10/h3-28H,1-2H3;1-18,26H,19H2;1-8H. The Labute approximate surface area is 491 Å². The van der Waals surface area contributed by atoms with Gasteiger partial charge in [0.05, 0.1) is 0 Å². The van der Waals surface area contributed by atoms with Crippen LogP contribution in [0.5, 0.6) is 0 Å². The molecule has 1 N–H and O–H groups in total. The van der Waals surface area contributed by atoms with Crippen LogP contribution in [-0.2, 0) is 6.42 Å². The zero-order valence-corrected chi connectivity index (χ0v) is 46.7. The Hall–Kier alpha value is -10.8. The highest BCUT2D eigenvalue weighted by Crippen LogP contribution is 2.38. The second kappa shape index (κ2) is 27.6. The third kappa shape index (κ3) is 15.0. The van der Waals surface area contributed by atoms with Gasteiger partial charge in [0, 0.05) is 62.2 Å². The highest BCUT2D eigenvalue weighted by molar-refractivity contribution is 6.09. The molecule has 0 aromatic heterocycles. The van der Waals surface area contributed by atoms with Crippen molar-refractivity contribution in [1.82, 2.24) is 0 Å². The molecule has 0 aliphatic carbocycles. The molecule has 410 valence electrons. The molecule has 84 heavy (non-hydrogen) atoms. The average Bonchev–Trinajstić information content (AvgIpc) is 3.45. The minimum Gasteiger partial charge on any atom is -0.356 e. The average molecular weight is 1100 g/mol. The Morgan fingerprint density at radius 1 is 0.321 bits per heavy atom. The van der Waals surface area contributed by atoms with Crippen molar-refractivity contribution >= 4 is 57.1 Å². The summed E-state index contributed by atoms with van der Waals surface area (Å²) >= 11 is 0. The molecule has 12 rings (SSSR count). The number of carbonyl (C=O) groups excluding carboxylic acids is 2. The number of hydrogen-bond acceptors (Lipinski definition) is 5. The summed E-state index contributed by atoms with van der Waals surface area (Å²) in [6.07, 6.45) is 0.973. The van der Waals surface area contributed by atoms with Crippen molar-refractivity contribution in [2.45, 2.75) is 20.3 Å². The Morgan fingerprint density at radius 2 is 0.619 bits per heavy atom. The number of ketones is 2. The van der Waals surface area contributed by atoms with Crippen LogP contribution in [0, 0.1) is 18.6 Å². The van der Waals surface area contributed by atoms with Gasteiger partial charge in [0.25, 0.3) is 0 Å². The number of aryl methyl sites for hydroxylation is 1. The molecule has 0 fully saturated rings. The van der Waals surface area contributed by atoms with E-state index in [-0.39, 0.29) is 11.6 Å². The molecule has 7 heteroatoms. The fourth-order valence-corrected chi connectivity index (χ4v) is 9.64. The number of para-hydroxylation sites is 3. The molecule has 12 aromatic carbocycles. The van der Waals surface area contributed by atoms with Crippen molar-refractivity contribution in [2.24, 2.45) is 0 Å². The predicted molar refractivity (Wildman–Crippen MR) is 343 cm³/mol. The summed E-state index contributed by atoms with van der Waals surface area (Å²) in [4.78, 5) is 28.1.